The van der Waals surface area contributed by atoms with Gasteiger partial charge in [-0.05, 0) is 37.1 Å². The van der Waals surface area contributed by atoms with Crippen molar-refractivity contribution in [1.82, 2.24) is 4.98 Å². The molecule has 7 nitrogen and oxygen atoms in total. The summed E-state index contributed by atoms with van der Waals surface area (Å²) in [5.74, 6) is 0.919. The van der Waals surface area contributed by atoms with Gasteiger partial charge in [0, 0.05) is 19.2 Å². The minimum atomic E-state index is -0.505. The van der Waals surface area contributed by atoms with Crippen LogP contribution in [-0.2, 0) is 0 Å². The van der Waals surface area contributed by atoms with Crippen molar-refractivity contribution in [2.45, 2.75) is 12.8 Å². The van der Waals surface area contributed by atoms with E-state index in [4.69, 9.17) is 5.26 Å². The normalized spacial score (nSPS) is 13.6. The maximum Gasteiger partial charge on any atom is 0.293 e. The van der Waals surface area contributed by atoms with Gasteiger partial charge in [0.05, 0.1) is 28.4 Å². The van der Waals surface area contributed by atoms with Gasteiger partial charge in [0.15, 0.2) is 0 Å². The molecule has 1 saturated heterocycles. The zero-order valence-corrected chi connectivity index (χ0v) is 12.4. The molecule has 0 bridgehead atoms. The summed E-state index contributed by atoms with van der Waals surface area (Å²) in [6.45, 7) is 2.03. The quantitative estimate of drug-likeness (QED) is 0.688. The molecule has 0 unspecified atom stereocenters. The molecule has 1 aromatic heterocycles. The summed E-state index contributed by atoms with van der Waals surface area (Å²) in [6.07, 6.45) is 4.02. The van der Waals surface area contributed by atoms with Crippen LogP contribution < -0.4 is 10.2 Å². The molecule has 0 amide bonds. The molecule has 0 radical (unpaired) electrons. The molecule has 0 aliphatic carbocycles. The van der Waals surface area contributed by atoms with Crippen LogP contribution in [0.3, 0.4) is 0 Å². The Bertz CT molecular complexity index is 761. The zero-order valence-electron chi connectivity index (χ0n) is 12.4. The molecule has 0 spiro atoms. The van der Waals surface area contributed by atoms with Crippen molar-refractivity contribution in [3.05, 3.63) is 52.2 Å². The van der Waals surface area contributed by atoms with E-state index in [0.29, 0.717) is 11.4 Å². The molecule has 1 aromatic carbocycles. The van der Waals surface area contributed by atoms with Crippen LogP contribution in [0.5, 0.6) is 0 Å². The lowest BCUT2D eigenvalue weighted by Gasteiger charge is -2.16. The molecule has 116 valence electrons. The fourth-order valence-electron chi connectivity index (χ4n) is 2.61. The number of pyridine rings is 1. The van der Waals surface area contributed by atoms with Crippen molar-refractivity contribution < 1.29 is 4.92 Å². The summed E-state index contributed by atoms with van der Waals surface area (Å²) < 4.78 is 0. The van der Waals surface area contributed by atoms with E-state index < -0.39 is 4.92 Å². The summed E-state index contributed by atoms with van der Waals surface area (Å²) in [6, 6.07) is 9.99. The Morgan fingerprint density at radius 2 is 2.04 bits per heavy atom. The van der Waals surface area contributed by atoms with Gasteiger partial charge in [0.1, 0.15) is 11.5 Å². The molecule has 7 heteroatoms. The molecule has 1 aliphatic rings. The van der Waals surface area contributed by atoms with Gasteiger partial charge in [-0.3, -0.25) is 10.1 Å². The van der Waals surface area contributed by atoms with Gasteiger partial charge in [0.25, 0.3) is 5.69 Å². The van der Waals surface area contributed by atoms with Crippen LogP contribution in [0.2, 0.25) is 0 Å². The van der Waals surface area contributed by atoms with Gasteiger partial charge in [-0.15, -0.1) is 0 Å². The molecular formula is C16H15N5O2. The molecule has 3 rings (SSSR count). The number of rotatable bonds is 4. The Morgan fingerprint density at radius 3 is 2.65 bits per heavy atom. The zero-order chi connectivity index (χ0) is 16.2. The van der Waals surface area contributed by atoms with Crippen molar-refractivity contribution in [1.29, 1.82) is 5.26 Å². The van der Waals surface area contributed by atoms with Gasteiger partial charge >= 0.3 is 0 Å². The van der Waals surface area contributed by atoms with Gasteiger partial charge in [0.2, 0.25) is 0 Å². The highest BCUT2D eigenvalue weighted by Crippen LogP contribution is 2.29. The highest BCUT2D eigenvalue weighted by molar-refractivity contribution is 5.71. The number of anilines is 3. The average molecular weight is 309 g/mol. The molecule has 2 aromatic rings. The number of hydrogen-bond donors (Lipinski definition) is 1. The second-order valence-corrected chi connectivity index (χ2v) is 5.33. The number of nitro benzene ring substituents is 1. The summed E-state index contributed by atoms with van der Waals surface area (Å²) in [5.41, 5.74) is 1.13. The van der Waals surface area contributed by atoms with E-state index in [1.165, 1.54) is 25.0 Å². The van der Waals surface area contributed by atoms with E-state index in [1.54, 1.807) is 12.3 Å². The van der Waals surface area contributed by atoms with Gasteiger partial charge in [-0.1, -0.05) is 0 Å². The maximum atomic E-state index is 11.1. The van der Waals surface area contributed by atoms with E-state index in [1.807, 2.05) is 18.2 Å². The molecule has 2 heterocycles. The molecule has 0 atom stereocenters. The Morgan fingerprint density at radius 1 is 1.26 bits per heavy atom. The monoisotopic (exact) mass is 309 g/mol. The topological polar surface area (TPSA) is 95.1 Å². The number of aromatic nitrogens is 1. The second kappa shape index (κ2) is 6.32. The van der Waals surface area contributed by atoms with E-state index in [0.717, 1.165) is 18.9 Å². The molecule has 23 heavy (non-hydrogen) atoms. The molecule has 0 saturated carbocycles. The first-order chi connectivity index (χ1) is 11.2. The summed E-state index contributed by atoms with van der Waals surface area (Å²) in [5, 5.41) is 23.0. The fraction of sp³-hybridized carbons (Fsp3) is 0.250. The SMILES string of the molecule is N#Cc1ccc(Nc2ccc(N3CCCC3)nc2)c([N+](=O)[O-])c1. The van der Waals surface area contributed by atoms with Crippen LogP contribution in [0.25, 0.3) is 0 Å². The van der Waals surface area contributed by atoms with Crippen LogP contribution in [-0.4, -0.2) is 23.0 Å². The largest absolute Gasteiger partial charge is 0.357 e. The van der Waals surface area contributed by atoms with E-state index in [-0.39, 0.29) is 11.3 Å². The third-order valence-electron chi connectivity index (χ3n) is 3.78. The highest BCUT2D eigenvalue weighted by Gasteiger charge is 2.16. The van der Waals surface area contributed by atoms with Gasteiger partial charge in [-0.25, -0.2) is 4.98 Å². The summed E-state index contributed by atoms with van der Waals surface area (Å²) in [4.78, 5) is 17.3. The van der Waals surface area contributed by atoms with Crippen molar-refractivity contribution in [3.8, 4) is 6.07 Å². The fourth-order valence-corrected chi connectivity index (χ4v) is 2.61. The van der Waals surface area contributed by atoms with E-state index in [2.05, 4.69) is 15.2 Å². The van der Waals surface area contributed by atoms with Crippen molar-refractivity contribution >= 4 is 22.9 Å². The van der Waals surface area contributed by atoms with Crippen LogP contribution >= 0.6 is 0 Å². The standard InChI is InChI=1S/C16H15N5O2/c17-10-12-3-5-14(15(9-12)21(22)23)19-13-4-6-16(18-11-13)20-7-1-2-8-20/h3-6,9,11,19H,1-2,7-8H2. The Labute approximate surface area is 133 Å². The highest BCUT2D eigenvalue weighted by atomic mass is 16.6. The predicted molar refractivity (Wildman–Crippen MR) is 86.8 cm³/mol. The predicted octanol–water partition coefficient (Wildman–Crippen LogP) is 3.21. The summed E-state index contributed by atoms with van der Waals surface area (Å²) >= 11 is 0. The lowest BCUT2D eigenvalue weighted by molar-refractivity contribution is -0.383. The molecule has 1 N–H and O–H groups in total. The number of nitrogens with zero attached hydrogens (tertiary/aromatic N) is 4. The first-order valence-electron chi connectivity index (χ1n) is 7.34. The Kier molecular flexibility index (Phi) is 4.06. The Hall–Kier alpha value is -3.14. The van der Waals surface area contributed by atoms with Crippen LogP contribution in [0.4, 0.5) is 22.9 Å². The average Bonchev–Trinajstić information content (AvgIpc) is 3.10. The molecule has 1 aliphatic heterocycles. The van der Waals surface area contributed by atoms with Gasteiger partial charge < -0.3 is 10.2 Å². The lowest BCUT2D eigenvalue weighted by atomic mass is 10.2. The van der Waals surface area contributed by atoms with Crippen LogP contribution in [0.15, 0.2) is 36.5 Å². The van der Waals surface area contributed by atoms with Crippen molar-refractivity contribution in [3.63, 3.8) is 0 Å². The molecule has 1 fully saturated rings. The number of hydrogen-bond acceptors (Lipinski definition) is 6. The van der Waals surface area contributed by atoms with Crippen LogP contribution in [0.1, 0.15) is 18.4 Å². The smallest absolute Gasteiger partial charge is 0.293 e. The van der Waals surface area contributed by atoms with Crippen molar-refractivity contribution in [2.75, 3.05) is 23.3 Å². The van der Waals surface area contributed by atoms with Crippen molar-refractivity contribution in [2.24, 2.45) is 0 Å². The first kappa shape index (κ1) is 14.8. The van der Waals surface area contributed by atoms with Crippen LogP contribution in [0, 0.1) is 21.4 Å². The number of nitriles is 1. The number of nitrogens with one attached hydrogen (secondary N) is 1. The summed E-state index contributed by atoms with van der Waals surface area (Å²) in [7, 11) is 0. The second-order valence-electron chi connectivity index (χ2n) is 5.33. The maximum absolute atomic E-state index is 11.1. The van der Waals surface area contributed by atoms with E-state index >= 15 is 0 Å². The number of benzene rings is 1. The lowest BCUT2D eigenvalue weighted by Crippen LogP contribution is -2.18. The van der Waals surface area contributed by atoms with E-state index in [9.17, 15) is 10.1 Å². The first-order valence-corrected chi connectivity index (χ1v) is 7.34. The minimum Gasteiger partial charge on any atom is -0.357 e. The molecular weight excluding hydrogens is 294 g/mol. The Balaban J connectivity index is 1.81. The van der Waals surface area contributed by atoms with Gasteiger partial charge in [-0.2, -0.15) is 5.26 Å². The third kappa shape index (κ3) is 3.21. The number of nitro groups is 1. The minimum absolute atomic E-state index is 0.132. The third-order valence-corrected chi connectivity index (χ3v) is 3.78.